The van der Waals surface area contributed by atoms with Crippen LogP contribution in [-0.2, 0) is 0 Å². The molecule has 1 aromatic carbocycles. The van der Waals surface area contributed by atoms with Crippen LogP contribution in [0.3, 0.4) is 0 Å². The first-order chi connectivity index (χ1) is 14.0. The van der Waals surface area contributed by atoms with E-state index < -0.39 is 0 Å². The Balaban J connectivity index is 1.42. The highest BCUT2D eigenvalue weighted by Gasteiger charge is 2.19. The third-order valence-electron chi connectivity index (χ3n) is 4.98. The number of carbonyl (C=O) groups excluding carboxylic acids is 1. The van der Waals surface area contributed by atoms with Crippen LogP contribution in [-0.4, -0.2) is 34.9 Å². The number of carbonyl (C=O) groups is 1. The smallest absolute Gasteiger partial charge is 0.261 e. The largest absolute Gasteiger partial charge is 0.359 e. The molecule has 0 spiro atoms. The summed E-state index contributed by atoms with van der Waals surface area (Å²) in [6, 6.07) is 12.7. The number of rotatable bonds is 5. The number of thiophene rings is 1. The minimum absolute atomic E-state index is 0.197. The third-order valence-corrected chi connectivity index (χ3v) is 6.21. The zero-order chi connectivity index (χ0) is 20.4. The summed E-state index contributed by atoms with van der Waals surface area (Å²) in [6.07, 6.45) is 2.30. The van der Waals surface area contributed by atoms with E-state index in [9.17, 15) is 4.79 Å². The summed E-state index contributed by atoms with van der Waals surface area (Å²) in [6.45, 7) is 3.75. The molecule has 1 saturated heterocycles. The second kappa shape index (κ2) is 8.39. The molecule has 1 unspecified atom stereocenters. The Bertz CT molecular complexity index is 1020. The van der Waals surface area contributed by atoms with E-state index in [-0.39, 0.29) is 11.9 Å². The van der Waals surface area contributed by atoms with Crippen molar-refractivity contribution in [3.05, 3.63) is 63.0 Å². The molecule has 4 rings (SSSR count). The van der Waals surface area contributed by atoms with Crippen LogP contribution in [0.5, 0.6) is 0 Å². The van der Waals surface area contributed by atoms with E-state index >= 15 is 0 Å². The molecule has 2 N–H and O–H groups in total. The number of hydrogen-bond acceptors (Lipinski definition) is 5. The Hall–Kier alpha value is -2.64. The van der Waals surface area contributed by atoms with Gasteiger partial charge in [-0.05, 0) is 31.9 Å². The molecular formula is C21H21ClN4O2S. The lowest BCUT2D eigenvalue weighted by Crippen LogP contribution is -2.27. The molecule has 29 heavy (non-hydrogen) atoms. The lowest BCUT2D eigenvalue weighted by Gasteiger charge is -2.18. The van der Waals surface area contributed by atoms with Gasteiger partial charge in [-0.2, -0.15) is 0 Å². The quantitative estimate of drug-likeness (QED) is 0.444. The summed E-state index contributed by atoms with van der Waals surface area (Å²) in [5, 5.41) is 15.4. The maximum absolute atomic E-state index is 12.3. The first kappa shape index (κ1) is 19.7. The molecule has 1 aliphatic rings. The van der Waals surface area contributed by atoms with Gasteiger partial charge in [0.15, 0.2) is 5.76 Å². The number of benzene rings is 1. The van der Waals surface area contributed by atoms with Crippen LogP contribution < -0.4 is 5.32 Å². The van der Waals surface area contributed by atoms with Crippen molar-refractivity contribution in [2.75, 3.05) is 13.1 Å². The summed E-state index contributed by atoms with van der Waals surface area (Å²) in [5.74, 6) is 0.946. The van der Waals surface area contributed by atoms with E-state index in [1.54, 1.807) is 12.1 Å². The van der Waals surface area contributed by atoms with Crippen molar-refractivity contribution in [2.24, 2.45) is 0 Å². The van der Waals surface area contributed by atoms with E-state index in [0.717, 1.165) is 37.1 Å². The van der Waals surface area contributed by atoms with Crippen LogP contribution in [0.15, 0.2) is 47.0 Å². The molecule has 150 valence electrons. The lowest BCUT2D eigenvalue weighted by molar-refractivity contribution is 0.0938. The molecule has 3 heterocycles. The highest BCUT2D eigenvalue weighted by molar-refractivity contribution is 7.18. The fourth-order valence-corrected chi connectivity index (χ4v) is 4.27. The van der Waals surface area contributed by atoms with Gasteiger partial charge in [0.25, 0.3) is 5.91 Å². The number of halogens is 1. The highest BCUT2D eigenvalue weighted by Crippen LogP contribution is 2.25. The predicted octanol–water partition coefficient (Wildman–Crippen LogP) is 4.97. The fourth-order valence-electron chi connectivity index (χ4n) is 3.33. The summed E-state index contributed by atoms with van der Waals surface area (Å²) in [7, 11) is 0. The third kappa shape index (κ3) is 4.36. The molecule has 8 heteroatoms. The Morgan fingerprint density at radius 3 is 2.62 bits per heavy atom. The SMILES string of the molecule is CC(NC(=O)c1ccc(Cl)s1)c1cc(-c2ccc(C(=N)N3CCCC3)cc2)no1. The second-order valence-corrected chi connectivity index (χ2v) is 8.75. The monoisotopic (exact) mass is 428 g/mol. The number of aromatic nitrogens is 1. The van der Waals surface area contributed by atoms with E-state index in [4.69, 9.17) is 21.5 Å². The highest BCUT2D eigenvalue weighted by atomic mass is 35.5. The van der Waals surface area contributed by atoms with Crippen molar-refractivity contribution in [1.82, 2.24) is 15.4 Å². The number of likely N-dealkylation sites (tertiary alicyclic amines) is 1. The maximum Gasteiger partial charge on any atom is 0.261 e. The van der Waals surface area contributed by atoms with Gasteiger partial charge in [-0.25, -0.2) is 0 Å². The van der Waals surface area contributed by atoms with Gasteiger partial charge in [-0.3, -0.25) is 10.2 Å². The van der Waals surface area contributed by atoms with Crippen LogP contribution in [0.4, 0.5) is 0 Å². The average molecular weight is 429 g/mol. The lowest BCUT2D eigenvalue weighted by atomic mass is 10.1. The molecule has 6 nitrogen and oxygen atoms in total. The zero-order valence-electron chi connectivity index (χ0n) is 15.9. The molecule has 0 radical (unpaired) electrons. The molecule has 1 fully saturated rings. The standard InChI is InChI=1S/C21H21ClN4O2S/c1-13(24-21(27)18-8-9-19(22)29-18)17-12-16(25-28-17)14-4-6-15(7-5-14)20(23)26-10-2-3-11-26/h4-9,12-13,23H,2-3,10-11H2,1H3,(H,24,27). The van der Waals surface area contributed by atoms with Crippen molar-refractivity contribution in [1.29, 1.82) is 5.41 Å². The van der Waals surface area contributed by atoms with Crippen LogP contribution >= 0.6 is 22.9 Å². The van der Waals surface area contributed by atoms with Gasteiger partial charge in [0.2, 0.25) is 0 Å². The number of nitrogens with one attached hydrogen (secondary N) is 2. The van der Waals surface area contributed by atoms with Crippen molar-refractivity contribution < 1.29 is 9.32 Å². The Kier molecular flexibility index (Phi) is 5.69. The van der Waals surface area contributed by atoms with Crippen LogP contribution in [0.1, 0.15) is 46.8 Å². The molecule has 0 bridgehead atoms. The first-order valence-corrected chi connectivity index (χ1v) is 10.7. The van der Waals surface area contributed by atoms with Crippen molar-refractivity contribution in [2.45, 2.75) is 25.8 Å². The fraction of sp³-hybridized carbons (Fsp3) is 0.286. The topological polar surface area (TPSA) is 82.2 Å². The second-order valence-electron chi connectivity index (χ2n) is 7.03. The Morgan fingerprint density at radius 1 is 1.24 bits per heavy atom. The van der Waals surface area contributed by atoms with Gasteiger partial charge in [-0.15, -0.1) is 11.3 Å². The molecular weight excluding hydrogens is 408 g/mol. The first-order valence-electron chi connectivity index (χ1n) is 9.48. The number of nitrogens with zero attached hydrogens (tertiary/aromatic N) is 2. The molecule has 3 aromatic rings. The van der Waals surface area contributed by atoms with Gasteiger partial charge in [0, 0.05) is 30.3 Å². The van der Waals surface area contributed by atoms with E-state index in [1.165, 1.54) is 11.3 Å². The summed E-state index contributed by atoms with van der Waals surface area (Å²) < 4.78 is 6.02. The number of hydrogen-bond donors (Lipinski definition) is 2. The van der Waals surface area contributed by atoms with Gasteiger partial charge < -0.3 is 14.7 Å². The average Bonchev–Trinajstić information content (AvgIpc) is 3.48. The van der Waals surface area contributed by atoms with Gasteiger partial charge in [-0.1, -0.05) is 41.0 Å². The van der Waals surface area contributed by atoms with Crippen molar-refractivity contribution in [3.8, 4) is 11.3 Å². The molecule has 1 atom stereocenters. The molecule has 1 amide bonds. The van der Waals surface area contributed by atoms with Crippen LogP contribution in [0, 0.1) is 5.41 Å². The van der Waals surface area contributed by atoms with E-state index in [2.05, 4.69) is 15.4 Å². The summed E-state index contributed by atoms with van der Waals surface area (Å²) >= 11 is 7.12. The Morgan fingerprint density at radius 2 is 1.97 bits per heavy atom. The van der Waals surface area contributed by atoms with Crippen LogP contribution in [0.25, 0.3) is 11.3 Å². The minimum atomic E-state index is -0.327. The molecule has 0 aliphatic carbocycles. The molecule has 1 aliphatic heterocycles. The van der Waals surface area contributed by atoms with Gasteiger partial charge in [0.05, 0.1) is 15.3 Å². The maximum atomic E-state index is 12.3. The minimum Gasteiger partial charge on any atom is -0.359 e. The molecule has 0 saturated carbocycles. The summed E-state index contributed by atoms with van der Waals surface area (Å²) in [4.78, 5) is 14.9. The Labute approximate surface area is 178 Å². The summed E-state index contributed by atoms with van der Waals surface area (Å²) in [5.41, 5.74) is 2.50. The zero-order valence-corrected chi connectivity index (χ0v) is 17.5. The van der Waals surface area contributed by atoms with Crippen molar-refractivity contribution in [3.63, 3.8) is 0 Å². The molecule has 2 aromatic heterocycles. The van der Waals surface area contributed by atoms with Crippen molar-refractivity contribution >= 4 is 34.7 Å². The van der Waals surface area contributed by atoms with E-state index in [1.807, 2.05) is 37.3 Å². The number of amides is 1. The predicted molar refractivity (Wildman–Crippen MR) is 115 cm³/mol. The normalized spacial score (nSPS) is 14.8. The number of amidine groups is 1. The van der Waals surface area contributed by atoms with Crippen LogP contribution in [0.2, 0.25) is 4.34 Å². The van der Waals surface area contributed by atoms with Gasteiger partial charge >= 0.3 is 0 Å². The van der Waals surface area contributed by atoms with E-state index in [0.29, 0.717) is 26.5 Å². The van der Waals surface area contributed by atoms with Gasteiger partial charge in [0.1, 0.15) is 11.5 Å².